The van der Waals surface area contributed by atoms with Gasteiger partial charge in [-0.1, -0.05) is 43.7 Å². The number of rotatable bonds is 6. The number of carbonyl (C=O) groups excluding carboxylic acids is 1. The molecule has 19 heavy (non-hydrogen) atoms. The van der Waals surface area contributed by atoms with E-state index >= 15 is 0 Å². The molecule has 4 heteroatoms. The number of hydrogen-bond acceptors (Lipinski definition) is 2. The van der Waals surface area contributed by atoms with E-state index in [1.165, 1.54) is 4.90 Å². The van der Waals surface area contributed by atoms with E-state index in [-0.39, 0.29) is 24.8 Å². The molecule has 0 atom stereocenters. The van der Waals surface area contributed by atoms with Crippen molar-refractivity contribution in [3.63, 3.8) is 0 Å². The molecule has 1 aromatic rings. The first kappa shape index (κ1) is 15.2. The molecule has 0 aliphatic heterocycles. The fourth-order valence-electron chi connectivity index (χ4n) is 1.85. The molecule has 0 saturated heterocycles. The van der Waals surface area contributed by atoms with E-state index in [2.05, 4.69) is 0 Å². The normalized spacial score (nSPS) is 10.5. The van der Waals surface area contributed by atoms with Gasteiger partial charge in [-0.05, 0) is 18.4 Å². The molecule has 0 aliphatic rings. The molecule has 1 aromatic carbocycles. The van der Waals surface area contributed by atoms with Gasteiger partial charge in [-0.3, -0.25) is 9.59 Å². The summed E-state index contributed by atoms with van der Waals surface area (Å²) in [5, 5.41) is 8.85. The maximum Gasteiger partial charge on any atom is 0.323 e. The minimum absolute atomic E-state index is 0.139. The Kier molecular flexibility index (Phi) is 5.55. The molecule has 0 spiro atoms. The number of aliphatic carboxylic acids is 1. The third-order valence-corrected chi connectivity index (χ3v) is 2.74. The topological polar surface area (TPSA) is 57.6 Å². The van der Waals surface area contributed by atoms with Gasteiger partial charge < -0.3 is 10.0 Å². The van der Waals surface area contributed by atoms with Gasteiger partial charge in [-0.15, -0.1) is 0 Å². The number of amides is 1. The van der Waals surface area contributed by atoms with E-state index in [1.54, 1.807) is 0 Å². The van der Waals surface area contributed by atoms with Gasteiger partial charge in [0, 0.05) is 6.54 Å². The van der Waals surface area contributed by atoms with Crippen molar-refractivity contribution >= 4 is 11.9 Å². The highest BCUT2D eigenvalue weighted by Crippen LogP contribution is 2.07. The molecule has 4 nitrogen and oxygen atoms in total. The summed E-state index contributed by atoms with van der Waals surface area (Å²) in [7, 11) is 0. The molecule has 0 unspecified atom stereocenters. The Morgan fingerprint density at radius 1 is 1.21 bits per heavy atom. The Morgan fingerprint density at radius 3 is 2.26 bits per heavy atom. The van der Waals surface area contributed by atoms with Gasteiger partial charge in [0.15, 0.2) is 0 Å². The average molecular weight is 263 g/mol. The maximum atomic E-state index is 12.1. The Bertz CT molecular complexity index is 437. The largest absolute Gasteiger partial charge is 0.480 e. The lowest BCUT2D eigenvalue weighted by molar-refractivity contribution is -0.144. The van der Waals surface area contributed by atoms with Crippen LogP contribution in [0.15, 0.2) is 24.3 Å². The van der Waals surface area contributed by atoms with Crippen LogP contribution < -0.4 is 0 Å². The highest BCUT2D eigenvalue weighted by molar-refractivity contribution is 5.83. The quantitative estimate of drug-likeness (QED) is 0.855. The number of carboxylic acids is 1. The molecule has 0 aliphatic carbocycles. The summed E-state index contributed by atoms with van der Waals surface area (Å²) in [5.74, 6) is -0.862. The third-order valence-electron chi connectivity index (χ3n) is 2.74. The highest BCUT2D eigenvalue weighted by atomic mass is 16.4. The minimum Gasteiger partial charge on any atom is -0.480 e. The molecule has 1 amide bonds. The number of carbonyl (C=O) groups is 2. The molecule has 1 N–H and O–H groups in total. The van der Waals surface area contributed by atoms with Crippen LogP contribution in [-0.2, 0) is 16.0 Å². The van der Waals surface area contributed by atoms with Gasteiger partial charge in [0.1, 0.15) is 6.54 Å². The van der Waals surface area contributed by atoms with Gasteiger partial charge in [-0.2, -0.15) is 0 Å². The van der Waals surface area contributed by atoms with Crippen molar-refractivity contribution in [3.8, 4) is 0 Å². The van der Waals surface area contributed by atoms with Crippen molar-refractivity contribution < 1.29 is 14.7 Å². The van der Waals surface area contributed by atoms with Crippen LogP contribution in [0.3, 0.4) is 0 Å². The molecular weight excluding hydrogens is 242 g/mol. The summed E-state index contributed by atoms with van der Waals surface area (Å²) in [6, 6.07) is 7.71. The number of hydrogen-bond donors (Lipinski definition) is 1. The second-order valence-corrected chi connectivity index (χ2v) is 5.22. The number of benzene rings is 1. The lowest BCUT2D eigenvalue weighted by Crippen LogP contribution is -2.39. The standard InChI is InChI=1S/C15H21NO3/c1-11(2)9-16(10-15(18)19)14(17)8-13-6-4-12(3)5-7-13/h4-7,11H,8-10H2,1-3H3,(H,18,19). The predicted molar refractivity (Wildman–Crippen MR) is 73.9 cm³/mol. The van der Waals surface area contributed by atoms with Gasteiger partial charge in [0.05, 0.1) is 6.42 Å². The number of nitrogens with zero attached hydrogens (tertiary/aromatic N) is 1. The molecule has 0 bridgehead atoms. The molecule has 0 aromatic heterocycles. The third kappa shape index (κ3) is 5.55. The summed E-state index contributed by atoms with van der Waals surface area (Å²) in [6.45, 7) is 6.16. The van der Waals surface area contributed by atoms with Crippen LogP contribution >= 0.6 is 0 Å². The Labute approximate surface area is 114 Å². The molecule has 0 saturated carbocycles. The van der Waals surface area contributed by atoms with Gasteiger partial charge >= 0.3 is 5.97 Å². The van der Waals surface area contributed by atoms with Crippen LogP contribution in [0, 0.1) is 12.8 Å². The van der Waals surface area contributed by atoms with Crippen LogP contribution in [0.25, 0.3) is 0 Å². The lowest BCUT2D eigenvalue weighted by Gasteiger charge is -2.22. The Hall–Kier alpha value is -1.84. The highest BCUT2D eigenvalue weighted by Gasteiger charge is 2.18. The van der Waals surface area contributed by atoms with E-state index in [9.17, 15) is 9.59 Å². The Morgan fingerprint density at radius 2 is 1.79 bits per heavy atom. The molecule has 0 radical (unpaired) electrons. The molecule has 104 valence electrons. The van der Waals surface area contributed by atoms with Crippen LogP contribution in [-0.4, -0.2) is 35.0 Å². The van der Waals surface area contributed by atoms with Gasteiger partial charge in [0.2, 0.25) is 5.91 Å². The second kappa shape index (κ2) is 6.92. The van der Waals surface area contributed by atoms with Crippen molar-refractivity contribution in [2.75, 3.05) is 13.1 Å². The fourth-order valence-corrected chi connectivity index (χ4v) is 1.85. The zero-order valence-electron chi connectivity index (χ0n) is 11.7. The number of carboxylic acid groups (broad SMARTS) is 1. The van der Waals surface area contributed by atoms with E-state index in [0.717, 1.165) is 11.1 Å². The fraction of sp³-hybridized carbons (Fsp3) is 0.467. The zero-order chi connectivity index (χ0) is 14.4. The van der Waals surface area contributed by atoms with Gasteiger partial charge in [0.25, 0.3) is 0 Å². The smallest absolute Gasteiger partial charge is 0.323 e. The minimum atomic E-state index is -0.974. The van der Waals surface area contributed by atoms with E-state index in [0.29, 0.717) is 6.54 Å². The van der Waals surface area contributed by atoms with Crippen molar-refractivity contribution in [3.05, 3.63) is 35.4 Å². The van der Waals surface area contributed by atoms with Crippen molar-refractivity contribution in [2.45, 2.75) is 27.2 Å². The average Bonchev–Trinajstić information content (AvgIpc) is 2.30. The first-order valence-electron chi connectivity index (χ1n) is 6.43. The molecule has 0 fully saturated rings. The van der Waals surface area contributed by atoms with Crippen molar-refractivity contribution in [1.82, 2.24) is 4.90 Å². The summed E-state index contributed by atoms with van der Waals surface area (Å²) in [5.41, 5.74) is 2.05. The monoisotopic (exact) mass is 263 g/mol. The number of aryl methyl sites for hydroxylation is 1. The van der Waals surface area contributed by atoms with E-state index in [1.807, 2.05) is 45.0 Å². The van der Waals surface area contributed by atoms with Crippen LogP contribution in [0.1, 0.15) is 25.0 Å². The summed E-state index contributed by atoms with van der Waals surface area (Å²) in [6.07, 6.45) is 0.250. The van der Waals surface area contributed by atoms with Crippen molar-refractivity contribution in [2.24, 2.45) is 5.92 Å². The summed E-state index contributed by atoms with van der Waals surface area (Å²) < 4.78 is 0. The first-order valence-corrected chi connectivity index (χ1v) is 6.43. The summed E-state index contributed by atoms with van der Waals surface area (Å²) in [4.78, 5) is 24.3. The van der Waals surface area contributed by atoms with E-state index in [4.69, 9.17) is 5.11 Å². The van der Waals surface area contributed by atoms with Crippen molar-refractivity contribution in [1.29, 1.82) is 0 Å². The van der Waals surface area contributed by atoms with Crippen LogP contribution in [0.2, 0.25) is 0 Å². The first-order chi connectivity index (χ1) is 8.88. The zero-order valence-corrected chi connectivity index (χ0v) is 11.7. The SMILES string of the molecule is Cc1ccc(CC(=O)N(CC(=O)O)CC(C)C)cc1. The van der Waals surface area contributed by atoms with Crippen LogP contribution in [0.4, 0.5) is 0 Å². The van der Waals surface area contributed by atoms with E-state index < -0.39 is 5.97 Å². The molecule has 1 rings (SSSR count). The Balaban J connectivity index is 2.70. The van der Waals surface area contributed by atoms with Crippen LogP contribution in [0.5, 0.6) is 0 Å². The molecule has 0 heterocycles. The summed E-state index contributed by atoms with van der Waals surface area (Å²) >= 11 is 0. The lowest BCUT2D eigenvalue weighted by atomic mass is 10.1. The second-order valence-electron chi connectivity index (χ2n) is 5.22. The van der Waals surface area contributed by atoms with Gasteiger partial charge in [-0.25, -0.2) is 0 Å². The maximum absolute atomic E-state index is 12.1. The molecular formula is C15H21NO3. The predicted octanol–water partition coefficient (Wildman–Crippen LogP) is 2.11.